The Hall–Kier alpha value is -0.420. The van der Waals surface area contributed by atoms with Crippen LogP contribution in [-0.2, 0) is 18.4 Å². The van der Waals surface area contributed by atoms with Crippen LogP contribution in [-0.4, -0.2) is 43.0 Å². The molecular formula is C11H24NO5P. The van der Waals surface area contributed by atoms with Gasteiger partial charge in [0, 0.05) is 6.92 Å². The molecule has 1 unspecified atom stereocenters. The fraction of sp³-hybridized carbons (Fsp3) is 0.909. The molecule has 18 heavy (non-hydrogen) atoms. The molecule has 0 aliphatic carbocycles. The van der Waals surface area contributed by atoms with Crippen LogP contribution in [0, 0.1) is 0 Å². The van der Waals surface area contributed by atoms with E-state index in [9.17, 15) is 9.36 Å². The molecule has 0 aliphatic heterocycles. The van der Waals surface area contributed by atoms with Crippen molar-refractivity contribution < 1.29 is 23.5 Å². The third kappa shape index (κ3) is 7.82. The van der Waals surface area contributed by atoms with Gasteiger partial charge >= 0.3 is 7.60 Å². The van der Waals surface area contributed by atoms with Crippen LogP contribution in [0.15, 0.2) is 0 Å². The van der Waals surface area contributed by atoms with E-state index in [1.54, 1.807) is 13.8 Å². The highest BCUT2D eigenvalue weighted by molar-refractivity contribution is 7.53. The van der Waals surface area contributed by atoms with Crippen molar-refractivity contribution in [2.45, 2.75) is 39.7 Å². The van der Waals surface area contributed by atoms with Gasteiger partial charge in [0.25, 0.3) is 0 Å². The molecule has 1 amide bonds. The Morgan fingerprint density at radius 2 is 1.89 bits per heavy atom. The molecule has 0 spiro atoms. The Labute approximate surface area is 109 Å². The number of aliphatic hydroxyl groups excluding tert-OH is 1. The zero-order valence-electron chi connectivity index (χ0n) is 11.3. The number of aliphatic hydroxyl groups is 1. The van der Waals surface area contributed by atoms with E-state index in [1.807, 2.05) is 0 Å². The predicted octanol–water partition coefficient (Wildman–Crippen LogP) is 1.53. The third-order valence-corrected chi connectivity index (χ3v) is 4.43. The molecule has 0 aliphatic rings. The molecule has 0 heterocycles. The smallest absolute Gasteiger partial charge is 0.330 e. The quantitative estimate of drug-likeness (QED) is 0.593. The lowest BCUT2D eigenvalue weighted by molar-refractivity contribution is -0.120. The molecule has 0 aromatic heterocycles. The maximum absolute atomic E-state index is 12.1. The van der Waals surface area contributed by atoms with Gasteiger partial charge in [-0.05, 0) is 26.7 Å². The number of rotatable bonds is 10. The number of carbonyl (C=O) groups is 1. The first kappa shape index (κ1) is 17.6. The summed E-state index contributed by atoms with van der Waals surface area (Å²) in [4.78, 5) is 10.9. The van der Waals surface area contributed by atoms with Crippen molar-refractivity contribution >= 4 is 13.5 Å². The van der Waals surface area contributed by atoms with E-state index < -0.39 is 7.60 Å². The van der Waals surface area contributed by atoms with Crippen molar-refractivity contribution in [3.8, 4) is 0 Å². The molecular weight excluding hydrogens is 257 g/mol. The summed E-state index contributed by atoms with van der Waals surface area (Å²) in [5.41, 5.74) is 0. The Bertz CT molecular complexity index is 275. The summed E-state index contributed by atoms with van der Waals surface area (Å²) in [6.07, 6.45) is 1.40. The SMILES string of the molecule is CCOP(=O)(CCCC(CO)NC(C)=O)OCC. The zero-order chi connectivity index (χ0) is 14.0. The largest absolute Gasteiger partial charge is 0.394 e. The first-order chi connectivity index (χ1) is 8.47. The van der Waals surface area contributed by atoms with Crippen LogP contribution >= 0.6 is 7.60 Å². The molecule has 0 radical (unpaired) electrons. The van der Waals surface area contributed by atoms with Gasteiger partial charge < -0.3 is 19.5 Å². The van der Waals surface area contributed by atoms with Gasteiger partial charge in [0.2, 0.25) is 5.91 Å². The van der Waals surface area contributed by atoms with Gasteiger partial charge in [0.1, 0.15) is 0 Å². The Kier molecular flexibility index (Phi) is 9.28. The molecule has 0 aromatic rings. The van der Waals surface area contributed by atoms with Crippen LogP contribution in [0.3, 0.4) is 0 Å². The summed E-state index contributed by atoms with van der Waals surface area (Å²) in [6.45, 7) is 5.47. The number of carbonyl (C=O) groups excluding carboxylic acids is 1. The highest BCUT2D eigenvalue weighted by Crippen LogP contribution is 2.48. The number of hydrogen-bond donors (Lipinski definition) is 2. The molecule has 2 N–H and O–H groups in total. The van der Waals surface area contributed by atoms with Gasteiger partial charge in [0.15, 0.2) is 0 Å². The van der Waals surface area contributed by atoms with Crippen LogP contribution < -0.4 is 5.32 Å². The molecule has 1 atom stereocenters. The summed E-state index contributed by atoms with van der Waals surface area (Å²) in [5, 5.41) is 11.7. The van der Waals surface area contributed by atoms with Gasteiger partial charge in [-0.2, -0.15) is 0 Å². The van der Waals surface area contributed by atoms with Crippen LogP contribution in [0.1, 0.15) is 33.6 Å². The van der Waals surface area contributed by atoms with E-state index in [1.165, 1.54) is 6.92 Å². The number of amides is 1. The van der Waals surface area contributed by atoms with E-state index >= 15 is 0 Å². The average molecular weight is 281 g/mol. The van der Waals surface area contributed by atoms with Crippen molar-refractivity contribution in [3.63, 3.8) is 0 Å². The topological polar surface area (TPSA) is 84.9 Å². The summed E-state index contributed by atoms with van der Waals surface area (Å²) >= 11 is 0. The Morgan fingerprint density at radius 1 is 1.33 bits per heavy atom. The normalized spacial score (nSPS) is 13.3. The lowest BCUT2D eigenvalue weighted by Gasteiger charge is -2.19. The van der Waals surface area contributed by atoms with Crippen LogP contribution in [0.4, 0.5) is 0 Å². The highest BCUT2D eigenvalue weighted by Gasteiger charge is 2.23. The van der Waals surface area contributed by atoms with Gasteiger partial charge in [-0.25, -0.2) is 0 Å². The molecule has 6 nitrogen and oxygen atoms in total. The molecule has 0 saturated carbocycles. The number of hydrogen-bond acceptors (Lipinski definition) is 5. The third-order valence-electron chi connectivity index (χ3n) is 2.26. The first-order valence-corrected chi connectivity index (χ1v) is 7.96. The second-order valence-corrected chi connectivity index (χ2v) is 6.08. The van der Waals surface area contributed by atoms with E-state index in [-0.39, 0.29) is 18.6 Å². The summed E-state index contributed by atoms with van der Waals surface area (Å²) in [5.74, 6) is -0.188. The average Bonchev–Trinajstić information content (AvgIpc) is 2.27. The minimum absolute atomic E-state index is 0.132. The minimum Gasteiger partial charge on any atom is -0.394 e. The fourth-order valence-electron chi connectivity index (χ4n) is 1.59. The van der Waals surface area contributed by atoms with Crippen molar-refractivity contribution in [3.05, 3.63) is 0 Å². The van der Waals surface area contributed by atoms with Crippen LogP contribution in [0.5, 0.6) is 0 Å². The summed E-state index contributed by atoms with van der Waals surface area (Å²) in [7, 11) is -3.01. The van der Waals surface area contributed by atoms with Crippen LogP contribution in [0.25, 0.3) is 0 Å². The van der Waals surface area contributed by atoms with Crippen molar-refractivity contribution in [1.29, 1.82) is 0 Å². The van der Waals surface area contributed by atoms with E-state index in [2.05, 4.69) is 5.32 Å². The van der Waals surface area contributed by atoms with Crippen molar-refractivity contribution in [2.75, 3.05) is 26.0 Å². The number of nitrogens with one attached hydrogen (secondary N) is 1. The van der Waals surface area contributed by atoms with E-state index in [0.29, 0.717) is 32.2 Å². The first-order valence-electron chi connectivity index (χ1n) is 6.23. The maximum Gasteiger partial charge on any atom is 0.330 e. The minimum atomic E-state index is -3.01. The fourth-order valence-corrected chi connectivity index (χ4v) is 3.28. The van der Waals surface area contributed by atoms with Crippen molar-refractivity contribution in [2.24, 2.45) is 0 Å². The summed E-state index contributed by atoms with van der Waals surface area (Å²) < 4.78 is 22.4. The van der Waals surface area contributed by atoms with Crippen molar-refractivity contribution in [1.82, 2.24) is 5.32 Å². The van der Waals surface area contributed by atoms with Gasteiger partial charge in [0.05, 0.1) is 32.0 Å². The zero-order valence-corrected chi connectivity index (χ0v) is 12.2. The Balaban J connectivity index is 4.11. The van der Waals surface area contributed by atoms with Gasteiger partial charge in [-0.3, -0.25) is 9.36 Å². The molecule has 108 valence electrons. The van der Waals surface area contributed by atoms with Gasteiger partial charge in [-0.15, -0.1) is 0 Å². The molecule has 0 aromatic carbocycles. The summed E-state index contributed by atoms with van der Waals surface area (Å²) in [6, 6.07) is -0.306. The second-order valence-electron chi connectivity index (χ2n) is 3.89. The molecule has 0 bridgehead atoms. The lowest BCUT2D eigenvalue weighted by atomic mass is 10.2. The molecule has 0 fully saturated rings. The van der Waals surface area contributed by atoms with E-state index in [0.717, 1.165) is 0 Å². The lowest BCUT2D eigenvalue weighted by Crippen LogP contribution is -2.36. The van der Waals surface area contributed by atoms with Gasteiger partial charge in [-0.1, -0.05) is 0 Å². The predicted molar refractivity (Wildman–Crippen MR) is 69.7 cm³/mol. The molecule has 0 rings (SSSR count). The van der Waals surface area contributed by atoms with E-state index in [4.69, 9.17) is 14.2 Å². The molecule has 7 heteroatoms. The molecule has 0 saturated heterocycles. The Morgan fingerprint density at radius 3 is 2.28 bits per heavy atom. The van der Waals surface area contributed by atoms with Crippen LogP contribution in [0.2, 0.25) is 0 Å². The second kappa shape index (κ2) is 9.50. The monoisotopic (exact) mass is 281 g/mol. The highest BCUT2D eigenvalue weighted by atomic mass is 31.2. The standard InChI is InChI=1S/C11H24NO5P/c1-4-16-18(15,17-5-2)8-6-7-11(9-13)12-10(3)14/h11,13H,4-9H2,1-3H3,(H,12,14). The maximum atomic E-state index is 12.1.